The zero-order valence-electron chi connectivity index (χ0n) is 18.7. The summed E-state index contributed by atoms with van der Waals surface area (Å²) in [5.74, 6) is 0.819. The Morgan fingerprint density at radius 2 is 1.94 bits per heavy atom. The van der Waals surface area contributed by atoms with Gasteiger partial charge in [-0.15, -0.1) is 0 Å². The van der Waals surface area contributed by atoms with Gasteiger partial charge in [-0.05, 0) is 56.2 Å². The molecule has 2 aliphatic rings. The molecule has 0 radical (unpaired) electrons. The molecule has 0 amide bonds. The van der Waals surface area contributed by atoms with Crippen molar-refractivity contribution in [2.24, 2.45) is 11.3 Å². The number of carbonyl (C=O) groups excluding carboxylic acids is 1. The van der Waals surface area contributed by atoms with Crippen molar-refractivity contribution in [3.05, 3.63) is 53.1 Å². The zero-order chi connectivity index (χ0) is 22.7. The van der Waals surface area contributed by atoms with Crippen LogP contribution in [0.5, 0.6) is 17.2 Å². The topological polar surface area (TPSA) is 82.1 Å². The highest BCUT2D eigenvalue weighted by Gasteiger charge is 2.43. The molecular formula is C26H30O6. The van der Waals surface area contributed by atoms with Gasteiger partial charge in [0.15, 0.2) is 17.3 Å². The van der Waals surface area contributed by atoms with Gasteiger partial charge >= 0.3 is 5.97 Å². The maximum absolute atomic E-state index is 13.2. The van der Waals surface area contributed by atoms with E-state index in [4.69, 9.17) is 14.2 Å². The number of carbonyl (C=O) groups is 2. The Morgan fingerprint density at radius 3 is 2.66 bits per heavy atom. The monoisotopic (exact) mass is 438 g/mol. The van der Waals surface area contributed by atoms with Crippen molar-refractivity contribution in [1.29, 1.82) is 0 Å². The van der Waals surface area contributed by atoms with Crippen LogP contribution < -0.4 is 14.2 Å². The zero-order valence-corrected chi connectivity index (χ0v) is 18.7. The Bertz CT molecular complexity index is 1000. The fourth-order valence-corrected chi connectivity index (χ4v) is 4.58. The lowest BCUT2D eigenvalue weighted by Gasteiger charge is -2.35. The molecule has 1 heterocycles. The smallest absolute Gasteiger partial charge is 0.310 e. The van der Waals surface area contributed by atoms with Crippen LogP contribution in [0.25, 0.3) is 0 Å². The summed E-state index contributed by atoms with van der Waals surface area (Å²) in [6.45, 7) is 4.67. The Morgan fingerprint density at radius 1 is 1.16 bits per heavy atom. The van der Waals surface area contributed by atoms with E-state index in [1.807, 2.05) is 19.1 Å². The van der Waals surface area contributed by atoms with Gasteiger partial charge in [-0.25, -0.2) is 0 Å². The number of fused-ring (bicyclic) bond motifs is 1. The van der Waals surface area contributed by atoms with E-state index in [2.05, 4.69) is 19.1 Å². The first kappa shape index (κ1) is 22.2. The van der Waals surface area contributed by atoms with Gasteiger partial charge in [0.25, 0.3) is 0 Å². The summed E-state index contributed by atoms with van der Waals surface area (Å²) in [5, 5.41) is 9.90. The van der Waals surface area contributed by atoms with Gasteiger partial charge in [0, 0.05) is 18.4 Å². The highest BCUT2D eigenvalue weighted by atomic mass is 16.7. The molecule has 2 aromatic carbocycles. The molecule has 0 saturated heterocycles. The van der Waals surface area contributed by atoms with Crippen molar-refractivity contribution in [1.82, 2.24) is 0 Å². The summed E-state index contributed by atoms with van der Waals surface area (Å²) in [7, 11) is 0. The Hall–Kier alpha value is -3.02. The number of aliphatic carboxylic acids is 1. The number of carboxylic acids is 1. The molecule has 1 N–H and O–H groups in total. The third-order valence-corrected chi connectivity index (χ3v) is 6.68. The summed E-state index contributed by atoms with van der Waals surface area (Å²) >= 11 is 0. The number of ketones is 1. The molecule has 0 aromatic heterocycles. The van der Waals surface area contributed by atoms with Crippen molar-refractivity contribution in [3.8, 4) is 17.2 Å². The number of rotatable bonds is 8. The van der Waals surface area contributed by atoms with Gasteiger partial charge in [0.05, 0.1) is 12.0 Å². The molecule has 1 aliphatic carbocycles. The number of ether oxygens (including phenoxy) is 3. The van der Waals surface area contributed by atoms with Crippen molar-refractivity contribution in [2.45, 2.75) is 52.4 Å². The predicted molar refractivity (Wildman–Crippen MR) is 120 cm³/mol. The number of hydrogen-bond acceptors (Lipinski definition) is 5. The molecule has 1 fully saturated rings. The first-order valence-corrected chi connectivity index (χ1v) is 11.2. The minimum atomic E-state index is -0.994. The summed E-state index contributed by atoms with van der Waals surface area (Å²) in [5.41, 5.74) is 1.77. The minimum Gasteiger partial charge on any atom is -0.489 e. The SMILES string of the molecule is Cc1cccc(CCOc2cc(C(=O)CC3(C(=O)O)CCC(C)CC3)cc3c2OCO3)c1. The highest BCUT2D eigenvalue weighted by Crippen LogP contribution is 2.45. The lowest BCUT2D eigenvalue weighted by molar-refractivity contribution is -0.151. The predicted octanol–water partition coefficient (Wildman–Crippen LogP) is 5.20. The van der Waals surface area contributed by atoms with Gasteiger partial charge in [-0.1, -0.05) is 36.8 Å². The van der Waals surface area contributed by atoms with E-state index < -0.39 is 11.4 Å². The molecule has 0 atom stereocenters. The molecule has 1 aliphatic heterocycles. The maximum Gasteiger partial charge on any atom is 0.310 e. The molecule has 6 nitrogen and oxygen atoms in total. The van der Waals surface area contributed by atoms with Gasteiger partial charge in [-0.3, -0.25) is 9.59 Å². The van der Waals surface area contributed by atoms with Crippen molar-refractivity contribution < 1.29 is 28.9 Å². The number of hydrogen-bond donors (Lipinski definition) is 1. The number of aryl methyl sites for hydroxylation is 1. The third-order valence-electron chi connectivity index (χ3n) is 6.68. The second-order valence-electron chi connectivity index (χ2n) is 9.16. The Kier molecular flexibility index (Phi) is 6.40. The normalized spacial score (nSPS) is 21.9. The van der Waals surface area contributed by atoms with E-state index in [-0.39, 0.29) is 19.0 Å². The highest BCUT2D eigenvalue weighted by molar-refractivity contribution is 6.00. The van der Waals surface area contributed by atoms with E-state index in [0.29, 0.717) is 48.2 Å². The second kappa shape index (κ2) is 9.23. The first-order chi connectivity index (χ1) is 15.4. The van der Waals surface area contributed by atoms with Gasteiger partial charge in [0.1, 0.15) is 0 Å². The minimum absolute atomic E-state index is 0.0164. The molecular weight excluding hydrogens is 408 g/mol. The summed E-state index contributed by atoms with van der Waals surface area (Å²) in [6.07, 6.45) is 3.41. The van der Waals surface area contributed by atoms with Crippen molar-refractivity contribution in [2.75, 3.05) is 13.4 Å². The first-order valence-electron chi connectivity index (χ1n) is 11.2. The second-order valence-corrected chi connectivity index (χ2v) is 9.16. The molecule has 6 heteroatoms. The lowest BCUT2D eigenvalue weighted by atomic mass is 9.68. The van der Waals surface area contributed by atoms with Crippen LogP contribution in [0, 0.1) is 18.3 Å². The van der Waals surface area contributed by atoms with Crippen LogP contribution in [-0.4, -0.2) is 30.3 Å². The molecule has 1 saturated carbocycles. The van der Waals surface area contributed by atoms with Crippen LogP contribution in [0.1, 0.15) is 60.5 Å². The Balaban J connectivity index is 1.50. The summed E-state index contributed by atoms with van der Waals surface area (Å²) in [4.78, 5) is 25.3. The molecule has 170 valence electrons. The summed E-state index contributed by atoms with van der Waals surface area (Å²) < 4.78 is 17.1. The van der Waals surface area contributed by atoms with E-state index in [9.17, 15) is 14.7 Å². The molecule has 32 heavy (non-hydrogen) atoms. The fraction of sp³-hybridized carbons (Fsp3) is 0.462. The molecule has 0 bridgehead atoms. The van der Waals surface area contributed by atoms with E-state index in [0.717, 1.165) is 19.3 Å². The summed E-state index contributed by atoms with van der Waals surface area (Å²) in [6, 6.07) is 11.5. The average molecular weight is 439 g/mol. The van der Waals surface area contributed by atoms with Gasteiger partial charge < -0.3 is 19.3 Å². The Labute approximate surface area is 188 Å². The molecule has 0 unspecified atom stereocenters. The van der Waals surface area contributed by atoms with Crippen LogP contribution in [0.4, 0.5) is 0 Å². The number of carboxylic acid groups (broad SMARTS) is 1. The lowest BCUT2D eigenvalue weighted by Crippen LogP contribution is -2.37. The van der Waals surface area contributed by atoms with E-state index in [1.165, 1.54) is 11.1 Å². The van der Waals surface area contributed by atoms with Crippen LogP contribution >= 0.6 is 0 Å². The molecule has 2 aromatic rings. The standard InChI is InChI=1S/C26H30O6/c1-17-6-9-26(10-7-17,25(28)29)15-21(27)20-13-22(24-23(14-20)31-16-32-24)30-11-8-19-5-3-4-18(2)12-19/h3-5,12-14,17H,6-11,15-16H2,1-2H3,(H,28,29). The van der Waals surface area contributed by atoms with E-state index >= 15 is 0 Å². The quantitative estimate of drug-likeness (QED) is 0.571. The van der Waals surface area contributed by atoms with Crippen LogP contribution in [-0.2, 0) is 11.2 Å². The van der Waals surface area contributed by atoms with Crippen LogP contribution in [0.15, 0.2) is 36.4 Å². The van der Waals surface area contributed by atoms with Crippen molar-refractivity contribution >= 4 is 11.8 Å². The third kappa shape index (κ3) is 4.74. The van der Waals surface area contributed by atoms with Crippen LogP contribution in [0.2, 0.25) is 0 Å². The van der Waals surface area contributed by atoms with Gasteiger partial charge in [-0.2, -0.15) is 0 Å². The fourth-order valence-electron chi connectivity index (χ4n) is 4.58. The molecule has 4 rings (SSSR count). The molecule has 0 spiro atoms. The van der Waals surface area contributed by atoms with E-state index in [1.54, 1.807) is 12.1 Å². The number of Topliss-reactive ketones (excluding diaryl/α,β-unsaturated/α-hetero) is 1. The number of benzene rings is 2. The van der Waals surface area contributed by atoms with Gasteiger partial charge in [0.2, 0.25) is 12.5 Å². The largest absolute Gasteiger partial charge is 0.489 e. The van der Waals surface area contributed by atoms with Crippen molar-refractivity contribution in [3.63, 3.8) is 0 Å². The van der Waals surface area contributed by atoms with Crippen LogP contribution in [0.3, 0.4) is 0 Å². The average Bonchev–Trinajstić information content (AvgIpc) is 3.24. The maximum atomic E-state index is 13.2.